The van der Waals surface area contributed by atoms with E-state index in [2.05, 4.69) is 4.98 Å². The molecule has 0 saturated heterocycles. The topological polar surface area (TPSA) is 53.8 Å². The van der Waals surface area contributed by atoms with E-state index >= 15 is 0 Å². The molecule has 0 aliphatic carbocycles. The van der Waals surface area contributed by atoms with E-state index in [0.29, 0.717) is 6.29 Å². The molecule has 3 nitrogen and oxygen atoms in total. The lowest BCUT2D eigenvalue weighted by atomic mass is 10.1. The van der Waals surface area contributed by atoms with Crippen LogP contribution in [0.4, 0.5) is 8.78 Å². The summed E-state index contributed by atoms with van der Waals surface area (Å²) in [6, 6.07) is 2.50. The maximum absolute atomic E-state index is 12.3. The highest BCUT2D eigenvalue weighted by Crippen LogP contribution is 2.28. The average molecular weight is 217 g/mol. The Labute approximate surface area is 82.9 Å². The third-order valence-corrected chi connectivity index (χ3v) is 1.78. The summed E-state index contributed by atoms with van der Waals surface area (Å²) in [5.74, 6) is 0. The van der Waals surface area contributed by atoms with Crippen molar-refractivity contribution in [1.82, 2.24) is 4.98 Å². The SMILES string of the molecule is N#Cc1cc(C=O)nc(Cl)c1C(F)F. The number of halogens is 3. The van der Waals surface area contributed by atoms with Crippen molar-refractivity contribution in [2.45, 2.75) is 6.43 Å². The van der Waals surface area contributed by atoms with E-state index in [-0.39, 0.29) is 11.3 Å². The number of aromatic nitrogens is 1. The lowest BCUT2D eigenvalue weighted by Crippen LogP contribution is -1.98. The number of alkyl halides is 2. The molecule has 0 aliphatic rings. The van der Waals surface area contributed by atoms with Crippen LogP contribution >= 0.6 is 11.6 Å². The van der Waals surface area contributed by atoms with Gasteiger partial charge >= 0.3 is 0 Å². The quantitative estimate of drug-likeness (QED) is 0.563. The molecule has 0 N–H and O–H groups in total. The molecule has 0 aromatic carbocycles. The fourth-order valence-corrected chi connectivity index (χ4v) is 1.18. The van der Waals surface area contributed by atoms with Gasteiger partial charge in [0, 0.05) is 0 Å². The first-order valence-electron chi connectivity index (χ1n) is 3.44. The molecule has 0 unspecified atom stereocenters. The van der Waals surface area contributed by atoms with E-state index in [1.165, 1.54) is 6.07 Å². The van der Waals surface area contributed by atoms with E-state index in [9.17, 15) is 13.6 Å². The third kappa shape index (κ3) is 1.86. The Morgan fingerprint density at radius 2 is 2.29 bits per heavy atom. The molecule has 0 spiro atoms. The van der Waals surface area contributed by atoms with Gasteiger partial charge in [0.15, 0.2) is 6.29 Å². The fraction of sp³-hybridized carbons (Fsp3) is 0.125. The van der Waals surface area contributed by atoms with Gasteiger partial charge in [-0.2, -0.15) is 5.26 Å². The van der Waals surface area contributed by atoms with E-state index in [1.807, 2.05) is 0 Å². The average Bonchev–Trinajstić information content (AvgIpc) is 2.15. The predicted molar refractivity (Wildman–Crippen MR) is 44.3 cm³/mol. The predicted octanol–water partition coefficient (Wildman–Crippen LogP) is 2.36. The minimum atomic E-state index is -2.88. The number of pyridine rings is 1. The molecule has 0 aliphatic heterocycles. The van der Waals surface area contributed by atoms with Gasteiger partial charge in [-0.25, -0.2) is 13.8 Å². The van der Waals surface area contributed by atoms with Crippen LogP contribution in [0.2, 0.25) is 5.15 Å². The Bertz CT molecular complexity index is 415. The van der Waals surface area contributed by atoms with Gasteiger partial charge in [0.25, 0.3) is 6.43 Å². The number of rotatable bonds is 2. The summed E-state index contributed by atoms with van der Waals surface area (Å²) < 4.78 is 24.7. The molecule has 6 heteroatoms. The van der Waals surface area contributed by atoms with E-state index in [4.69, 9.17) is 16.9 Å². The van der Waals surface area contributed by atoms with Crippen molar-refractivity contribution in [3.63, 3.8) is 0 Å². The lowest BCUT2D eigenvalue weighted by Gasteiger charge is -2.04. The molecule has 0 fully saturated rings. The van der Waals surface area contributed by atoms with E-state index < -0.39 is 17.1 Å². The molecule has 14 heavy (non-hydrogen) atoms. The first-order valence-corrected chi connectivity index (χ1v) is 3.81. The highest BCUT2D eigenvalue weighted by molar-refractivity contribution is 6.30. The Balaban J connectivity index is 3.44. The van der Waals surface area contributed by atoms with Crippen LogP contribution in [-0.4, -0.2) is 11.3 Å². The number of hydrogen-bond donors (Lipinski definition) is 0. The first kappa shape index (κ1) is 10.5. The van der Waals surface area contributed by atoms with Crippen molar-refractivity contribution in [2.24, 2.45) is 0 Å². The zero-order chi connectivity index (χ0) is 10.7. The number of carbonyl (C=O) groups is 1. The summed E-state index contributed by atoms with van der Waals surface area (Å²) in [5.41, 5.74) is -1.11. The Hall–Kier alpha value is -1.54. The molecular formula is C8H3ClF2N2O. The summed E-state index contributed by atoms with van der Waals surface area (Å²) in [6.07, 6.45) is -2.55. The molecule has 0 radical (unpaired) electrons. The summed E-state index contributed by atoms with van der Waals surface area (Å²) >= 11 is 5.39. The van der Waals surface area contributed by atoms with Gasteiger partial charge in [-0.05, 0) is 6.07 Å². The minimum absolute atomic E-state index is 0.143. The van der Waals surface area contributed by atoms with Crippen molar-refractivity contribution < 1.29 is 13.6 Å². The van der Waals surface area contributed by atoms with Gasteiger partial charge in [-0.15, -0.1) is 0 Å². The summed E-state index contributed by atoms with van der Waals surface area (Å²) in [6.45, 7) is 0. The highest BCUT2D eigenvalue weighted by Gasteiger charge is 2.19. The van der Waals surface area contributed by atoms with Crippen LogP contribution in [0.25, 0.3) is 0 Å². The van der Waals surface area contributed by atoms with Gasteiger partial charge in [0.2, 0.25) is 0 Å². The van der Waals surface area contributed by atoms with Crippen LogP contribution in [-0.2, 0) is 0 Å². The number of hydrogen-bond acceptors (Lipinski definition) is 3. The molecule has 1 aromatic heterocycles. The molecule has 0 saturated carbocycles. The molecule has 0 bridgehead atoms. The Morgan fingerprint density at radius 1 is 1.64 bits per heavy atom. The van der Waals surface area contributed by atoms with Crippen molar-refractivity contribution >= 4 is 17.9 Å². The van der Waals surface area contributed by atoms with Crippen LogP contribution in [0.5, 0.6) is 0 Å². The second-order valence-corrected chi connectivity index (χ2v) is 2.69. The molecule has 72 valence electrons. The molecule has 1 aromatic rings. The first-order chi connectivity index (χ1) is 6.60. The van der Waals surface area contributed by atoms with Crippen LogP contribution in [0.15, 0.2) is 6.07 Å². The second-order valence-electron chi connectivity index (χ2n) is 2.33. The highest BCUT2D eigenvalue weighted by atomic mass is 35.5. The summed E-state index contributed by atoms with van der Waals surface area (Å²) in [7, 11) is 0. The normalized spacial score (nSPS) is 9.93. The third-order valence-electron chi connectivity index (χ3n) is 1.49. The number of nitriles is 1. The number of carbonyl (C=O) groups excluding carboxylic acids is 1. The molecule has 0 amide bonds. The summed E-state index contributed by atoms with van der Waals surface area (Å²) in [5, 5.41) is 8.01. The standard InChI is InChI=1S/C8H3ClF2N2O/c9-7-6(8(10)11)4(2-12)1-5(3-14)13-7/h1,3,8H. The van der Waals surface area contributed by atoms with E-state index in [0.717, 1.165) is 6.07 Å². The lowest BCUT2D eigenvalue weighted by molar-refractivity contribution is 0.111. The molecule has 1 heterocycles. The van der Waals surface area contributed by atoms with Crippen LogP contribution < -0.4 is 0 Å². The van der Waals surface area contributed by atoms with Crippen LogP contribution in [0.3, 0.4) is 0 Å². The van der Waals surface area contributed by atoms with E-state index in [1.54, 1.807) is 0 Å². The number of aldehydes is 1. The van der Waals surface area contributed by atoms with Gasteiger partial charge < -0.3 is 0 Å². The van der Waals surface area contributed by atoms with Crippen molar-refractivity contribution in [1.29, 1.82) is 5.26 Å². The van der Waals surface area contributed by atoms with Crippen molar-refractivity contribution in [2.75, 3.05) is 0 Å². The fourth-order valence-electron chi connectivity index (χ4n) is 0.903. The van der Waals surface area contributed by atoms with Crippen LogP contribution in [0.1, 0.15) is 28.0 Å². The number of nitrogens with zero attached hydrogens (tertiary/aromatic N) is 2. The largest absolute Gasteiger partial charge is 0.296 e. The van der Waals surface area contributed by atoms with Gasteiger partial charge in [-0.1, -0.05) is 11.6 Å². The minimum Gasteiger partial charge on any atom is -0.296 e. The maximum Gasteiger partial charge on any atom is 0.268 e. The van der Waals surface area contributed by atoms with Crippen molar-refractivity contribution in [3.8, 4) is 6.07 Å². The van der Waals surface area contributed by atoms with Crippen molar-refractivity contribution in [3.05, 3.63) is 28.0 Å². The molecule has 1 rings (SSSR count). The monoisotopic (exact) mass is 216 g/mol. The van der Waals surface area contributed by atoms with Gasteiger partial charge in [-0.3, -0.25) is 4.79 Å². The molecule has 0 atom stereocenters. The Kier molecular flexibility index (Phi) is 3.10. The van der Waals surface area contributed by atoms with Crippen LogP contribution in [0, 0.1) is 11.3 Å². The summed E-state index contributed by atoms with van der Waals surface area (Å²) in [4.78, 5) is 13.7. The zero-order valence-corrected chi connectivity index (χ0v) is 7.42. The van der Waals surface area contributed by atoms with Gasteiger partial charge in [0.1, 0.15) is 10.8 Å². The maximum atomic E-state index is 12.3. The molecular weight excluding hydrogens is 214 g/mol. The smallest absolute Gasteiger partial charge is 0.268 e. The van der Waals surface area contributed by atoms with Gasteiger partial charge in [0.05, 0.1) is 17.2 Å². The second kappa shape index (κ2) is 4.11. The zero-order valence-electron chi connectivity index (χ0n) is 6.67. The Morgan fingerprint density at radius 3 is 2.71 bits per heavy atom.